The van der Waals surface area contributed by atoms with E-state index in [1.165, 1.54) is 19.1 Å². The zero-order chi connectivity index (χ0) is 12.6. The number of benzene rings is 1. The third-order valence-electron chi connectivity index (χ3n) is 3.63. The van der Waals surface area contributed by atoms with E-state index in [1.54, 1.807) is 0 Å². The van der Waals surface area contributed by atoms with Gasteiger partial charge in [-0.05, 0) is 50.3 Å². The van der Waals surface area contributed by atoms with Gasteiger partial charge in [-0.1, -0.05) is 0 Å². The SMILES string of the molecule is Cc1cc(F)c(C2(N)CCC(O)CC2)cc1F. The second-order valence-corrected chi connectivity index (χ2v) is 4.97. The molecule has 1 aliphatic carbocycles. The number of aliphatic hydroxyl groups excluding tert-OH is 1. The molecule has 0 atom stereocenters. The molecule has 1 aliphatic rings. The van der Waals surface area contributed by atoms with E-state index in [0.717, 1.165) is 0 Å². The van der Waals surface area contributed by atoms with Gasteiger partial charge < -0.3 is 10.8 Å². The van der Waals surface area contributed by atoms with Crippen LogP contribution in [0.15, 0.2) is 12.1 Å². The van der Waals surface area contributed by atoms with E-state index in [0.29, 0.717) is 25.7 Å². The first kappa shape index (κ1) is 12.5. The van der Waals surface area contributed by atoms with Crippen molar-refractivity contribution >= 4 is 0 Å². The van der Waals surface area contributed by atoms with E-state index in [-0.39, 0.29) is 17.2 Å². The molecule has 0 unspecified atom stereocenters. The number of hydrogen-bond acceptors (Lipinski definition) is 2. The lowest BCUT2D eigenvalue weighted by atomic mass is 9.76. The molecule has 1 aromatic carbocycles. The molecule has 3 N–H and O–H groups in total. The quantitative estimate of drug-likeness (QED) is 0.793. The van der Waals surface area contributed by atoms with Crippen molar-refractivity contribution in [1.29, 1.82) is 0 Å². The normalized spacial score (nSPS) is 29.4. The van der Waals surface area contributed by atoms with Gasteiger partial charge in [0.05, 0.1) is 6.10 Å². The Morgan fingerprint density at radius 1 is 1.24 bits per heavy atom. The van der Waals surface area contributed by atoms with E-state index < -0.39 is 17.2 Å². The van der Waals surface area contributed by atoms with E-state index in [1.807, 2.05) is 0 Å². The minimum absolute atomic E-state index is 0.229. The Hall–Kier alpha value is -1.00. The maximum absolute atomic E-state index is 13.8. The number of hydrogen-bond donors (Lipinski definition) is 2. The molecule has 0 aliphatic heterocycles. The van der Waals surface area contributed by atoms with Crippen molar-refractivity contribution in [3.8, 4) is 0 Å². The van der Waals surface area contributed by atoms with Crippen LogP contribution in [0.5, 0.6) is 0 Å². The molecule has 0 spiro atoms. The number of halogens is 2. The van der Waals surface area contributed by atoms with Crippen LogP contribution in [0.4, 0.5) is 8.78 Å². The molecule has 0 saturated heterocycles. The van der Waals surface area contributed by atoms with Crippen LogP contribution in [0.3, 0.4) is 0 Å². The number of rotatable bonds is 1. The maximum atomic E-state index is 13.8. The standard InChI is InChI=1S/C13H17F2NO/c1-8-6-12(15)10(7-11(8)14)13(16)4-2-9(17)3-5-13/h6-7,9,17H,2-5,16H2,1H3. The Kier molecular flexibility index (Phi) is 3.19. The molecule has 1 fully saturated rings. The predicted octanol–water partition coefficient (Wildman–Crippen LogP) is 2.36. The van der Waals surface area contributed by atoms with Gasteiger partial charge in [-0.15, -0.1) is 0 Å². The van der Waals surface area contributed by atoms with Crippen LogP contribution in [0.2, 0.25) is 0 Å². The van der Waals surface area contributed by atoms with Crippen LogP contribution in [-0.4, -0.2) is 11.2 Å². The third kappa shape index (κ3) is 2.33. The zero-order valence-corrected chi connectivity index (χ0v) is 9.84. The summed E-state index contributed by atoms with van der Waals surface area (Å²) in [5, 5.41) is 9.43. The highest BCUT2D eigenvalue weighted by Crippen LogP contribution is 2.36. The van der Waals surface area contributed by atoms with Gasteiger partial charge in [0.2, 0.25) is 0 Å². The lowest BCUT2D eigenvalue weighted by Crippen LogP contribution is -2.42. The van der Waals surface area contributed by atoms with Crippen molar-refractivity contribution in [2.45, 2.75) is 44.2 Å². The van der Waals surface area contributed by atoms with Crippen LogP contribution in [0, 0.1) is 18.6 Å². The first-order valence-corrected chi connectivity index (χ1v) is 5.85. The Labute approximate surface area is 99.4 Å². The summed E-state index contributed by atoms with van der Waals surface area (Å²) in [6.07, 6.45) is 1.66. The molecule has 94 valence electrons. The molecule has 1 aromatic rings. The van der Waals surface area contributed by atoms with E-state index in [9.17, 15) is 13.9 Å². The maximum Gasteiger partial charge on any atom is 0.128 e. The van der Waals surface area contributed by atoms with Gasteiger partial charge >= 0.3 is 0 Å². The second-order valence-electron chi connectivity index (χ2n) is 4.97. The van der Waals surface area contributed by atoms with Crippen molar-refractivity contribution in [2.24, 2.45) is 5.73 Å². The highest BCUT2D eigenvalue weighted by atomic mass is 19.1. The minimum Gasteiger partial charge on any atom is -0.393 e. The van der Waals surface area contributed by atoms with Crippen molar-refractivity contribution in [3.63, 3.8) is 0 Å². The molecule has 2 rings (SSSR count). The number of aliphatic hydroxyl groups is 1. The highest BCUT2D eigenvalue weighted by Gasteiger charge is 2.35. The molecule has 0 bridgehead atoms. The lowest BCUT2D eigenvalue weighted by molar-refractivity contribution is 0.0956. The van der Waals surface area contributed by atoms with Gasteiger partial charge in [0.1, 0.15) is 11.6 Å². The molecule has 1 saturated carbocycles. The Bertz CT molecular complexity index is 426. The van der Waals surface area contributed by atoms with Gasteiger partial charge in [-0.25, -0.2) is 8.78 Å². The average Bonchev–Trinajstić information content (AvgIpc) is 2.28. The molecule has 0 radical (unpaired) electrons. The topological polar surface area (TPSA) is 46.2 Å². The van der Waals surface area contributed by atoms with Crippen molar-refractivity contribution < 1.29 is 13.9 Å². The van der Waals surface area contributed by atoms with Crippen LogP contribution in [0.25, 0.3) is 0 Å². The summed E-state index contributed by atoms with van der Waals surface area (Å²) < 4.78 is 27.3. The fourth-order valence-corrected chi connectivity index (χ4v) is 2.41. The smallest absolute Gasteiger partial charge is 0.128 e. The minimum atomic E-state index is -0.849. The Balaban J connectivity index is 2.36. The largest absolute Gasteiger partial charge is 0.393 e. The molecule has 0 heterocycles. The number of aryl methyl sites for hydroxylation is 1. The van der Waals surface area contributed by atoms with Crippen LogP contribution < -0.4 is 5.73 Å². The van der Waals surface area contributed by atoms with Crippen LogP contribution in [-0.2, 0) is 5.54 Å². The number of nitrogens with two attached hydrogens (primary N) is 1. The summed E-state index contributed by atoms with van der Waals surface area (Å²) in [7, 11) is 0. The fraction of sp³-hybridized carbons (Fsp3) is 0.538. The molecule has 2 nitrogen and oxygen atoms in total. The van der Waals surface area contributed by atoms with Crippen molar-refractivity contribution in [3.05, 3.63) is 34.9 Å². The zero-order valence-electron chi connectivity index (χ0n) is 9.84. The predicted molar refractivity (Wildman–Crippen MR) is 61.4 cm³/mol. The lowest BCUT2D eigenvalue weighted by Gasteiger charge is -2.36. The fourth-order valence-electron chi connectivity index (χ4n) is 2.41. The second kappa shape index (κ2) is 4.35. The van der Waals surface area contributed by atoms with Gasteiger partial charge in [0, 0.05) is 11.1 Å². The van der Waals surface area contributed by atoms with Crippen molar-refractivity contribution in [2.75, 3.05) is 0 Å². The van der Waals surface area contributed by atoms with E-state index in [4.69, 9.17) is 5.73 Å². The summed E-state index contributed by atoms with van der Waals surface area (Å²) in [4.78, 5) is 0. The summed E-state index contributed by atoms with van der Waals surface area (Å²) >= 11 is 0. The monoisotopic (exact) mass is 241 g/mol. The molecule has 17 heavy (non-hydrogen) atoms. The Morgan fingerprint density at radius 2 is 1.82 bits per heavy atom. The summed E-state index contributed by atoms with van der Waals surface area (Å²) in [6.45, 7) is 1.52. The molecule has 4 heteroatoms. The van der Waals surface area contributed by atoms with E-state index >= 15 is 0 Å². The van der Waals surface area contributed by atoms with Gasteiger partial charge in [-0.2, -0.15) is 0 Å². The highest BCUT2D eigenvalue weighted by molar-refractivity contribution is 5.31. The van der Waals surface area contributed by atoms with Crippen LogP contribution >= 0.6 is 0 Å². The molecular weight excluding hydrogens is 224 g/mol. The van der Waals surface area contributed by atoms with Gasteiger partial charge in [0.15, 0.2) is 0 Å². The van der Waals surface area contributed by atoms with Gasteiger partial charge in [-0.3, -0.25) is 0 Å². The van der Waals surface area contributed by atoms with E-state index in [2.05, 4.69) is 0 Å². The summed E-state index contributed by atoms with van der Waals surface area (Å²) in [5.74, 6) is -0.889. The Morgan fingerprint density at radius 3 is 2.41 bits per heavy atom. The first-order chi connectivity index (χ1) is 7.92. The summed E-state index contributed by atoms with van der Waals surface area (Å²) in [5.41, 5.74) is 5.81. The average molecular weight is 241 g/mol. The first-order valence-electron chi connectivity index (χ1n) is 5.85. The molecule has 0 amide bonds. The summed E-state index contributed by atoms with van der Waals surface area (Å²) in [6, 6.07) is 2.38. The molecule has 0 aromatic heterocycles. The van der Waals surface area contributed by atoms with Crippen molar-refractivity contribution in [1.82, 2.24) is 0 Å². The molecular formula is C13H17F2NO. The van der Waals surface area contributed by atoms with Crippen LogP contribution in [0.1, 0.15) is 36.8 Å². The van der Waals surface area contributed by atoms with Gasteiger partial charge in [0.25, 0.3) is 0 Å². The third-order valence-corrected chi connectivity index (χ3v) is 3.63.